The molecular weight excluding hydrogens is 282 g/mol. The van der Waals surface area contributed by atoms with Crippen LogP contribution in [0.25, 0.3) is 0 Å². The van der Waals surface area contributed by atoms with Gasteiger partial charge >= 0.3 is 0 Å². The van der Waals surface area contributed by atoms with Gasteiger partial charge in [0.2, 0.25) is 5.91 Å². The van der Waals surface area contributed by atoms with E-state index in [4.69, 9.17) is 22.1 Å². The summed E-state index contributed by atoms with van der Waals surface area (Å²) in [6, 6.07) is 0. The van der Waals surface area contributed by atoms with Crippen LogP contribution < -0.4 is 10.6 Å². The Hall–Kier alpha value is -1.60. The lowest BCUT2D eigenvalue weighted by atomic mass is 10.2. The van der Waals surface area contributed by atoms with Gasteiger partial charge in [0.1, 0.15) is 17.2 Å². The summed E-state index contributed by atoms with van der Waals surface area (Å²) in [5, 5.41) is 0.367. The fraction of sp³-hybridized carbons (Fsp3) is 0.583. The molecule has 0 unspecified atom stereocenters. The van der Waals surface area contributed by atoms with Crippen molar-refractivity contribution in [2.75, 3.05) is 50.5 Å². The Morgan fingerprint density at radius 1 is 1.40 bits per heavy atom. The first-order valence-electron chi connectivity index (χ1n) is 6.41. The Balaban J connectivity index is 1.94. The molecule has 2 N–H and O–H groups in total. The molecule has 0 saturated carbocycles. The van der Waals surface area contributed by atoms with E-state index in [2.05, 4.69) is 9.97 Å². The lowest BCUT2D eigenvalue weighted by Gasteiger charge is -2.35. The van der Waals surface area contributed by atoms with E-state index >= 15 is 0 Å². The van der Waals surface area contributed by atoms with Gasteiger partial charge in [-0.25, -0.2) is 9.97 Å². The number of piperazine rings is 1. The van der Waals surface area contributed by atoms with Crippen molar-refractivity contribution >= 4 is 29.1 Å². The Labute approximate surface area is 122 Å². The van der Waals surface area contributed by atoms with Crippen LogP contribution in [0.4, 0.5) is 11.6 Å². The lowest BCUT2D eigenvalue weighted by molar-refractivity contribution is -0.132. The average molecular weight is 300 g/mol. The number of anilines is 2. The van der Waals surface area contributed by atoms with Crippen molar-refractivity contribution in [3.05, 3.63) is 11.3 Å². The molecule has 1 aromatic rings. The smallest absolute Gasteiger partial charge is 0.225 e. The maximum atomic E-state index is 11.9. The quantitative estimate of drug-likeness (QED) is 0.866. The van der Waals surface area contributed by atoms with E-state index in [1.807, 2.05) is 9.80 Å². The molecule has 0 aromatic carbocycles. The summed E-state index contributed by atoms with van der Waals surface area (Å²) in [7, 11) is 1.59. The van der Waals surface area contributed by atoms with E-state index in [1.165, 1.54) is 6.33 Å². The predicted molar refractivity (Wildman–Crippen MR) is 76.7 cm³/mol. The number of carbonyl (C=O) groups is 1. The molecular formula is C12H18ClN5O2. The van der Waals surface area contributed by atoms with Crippen LogP contribution in [-0.2, 0) is 9.53 Å². The predicted octanol–water partition coefficient (Wildman–Crippen LogP) is 0.397. The highest BCUT2D eigenvalue weighted by molar-refractivity contribution is 6.35. The van der Waals surface area contributed by atoms with Crippen LogP contribution in [0.2, 0.25) is 5.02 Å². The number of rotatable bonds is 4. The number of aromatic nitrogens is 2. The highest BCUT2D eigenvalue weighted by atomic mass is 35.5. The number of halogens is 1. The minimum Gasteiger partial charge on any atom is -0.384 e. The van der Waals surface area contributed by atoms with Gasteiger partial charge in [0.25, 0.3) is 0 Å². The first-order valence-corrected chi connectivity index (χ1v) is 6.79. The van der Waals surface area contributed by atoms with Crippen LogP contribution in [0.5, 0.6) is 0 Å². The second-order valence-corrected chi connectivity index (χ2v) is 4.89. The summed E-state index contributed by atoms with van der Waals surface area (Å²) in [5.74, 6) is 1.01. The normalized spacial score (nSPS) is 15.5. The second kappa shape index (κ2) is 6.71. The van der Waals surface area contributed by atoms with E-state index in [1.54, 1.807) is 7.11 Å². The number of amides is 1. The summed E-state index contributed by atoms with van der Waals surface area (Å²) in [6.07, 6.45) is 1.81. The van der Waals surface area contributed by atoms with Gasteiger partial charge in [-0.05, 0) is 0 Å². The van der Waals surface area contributed by atoms with Gasteiger partial charge < -0.3 is 20.3 Å². The Bertz CT molecular complexity index is 477. The first kappa shape index (κ1) is 14.8. The van der Waals surface area contributed by atoms with Crippen molar-refractivity contribution in [1.82, 2.24) is 14.9 Å². The van der Waals surface area contributed by atoms with Crippen LogP contribution in [-0.4, -0.2) is 60.7 Å². The molecule has 2 heterocycles. The van der Waals surface area contributed by atoms with Gasteiger partial charge in [0.15, 0.2) is 5.82 Å². The van der Waals surface area contributed by atoms with E-state index in [-0.39, 0.29) is 11.7 Å². The van der Waals surface area contributed by atoms with Crippen molar-refractivity contribution in [1.29, 1.82) is 0 Å². The van der Waals surface area contributed by atoms with Gasteiger partial charge in [-0.1, -0.05) is 11.6 Å². The fourth-order valence-corrected chi connectivity index (χ4v) is 2.33. The van der Waals surface area contributed by atoms with Gasteiger partial charge in [0, 0.05) is 33.3 Å². The standard InChI is InChI=1S/C12H18ClN5O2/c1-20-7-2-9(19)17-3-5-18(6-4-17)12-10(13)11(14)15-8-16-12/h8H,2-7H2,1H3,(H2,14,15,16). The maximum absolute atomic E-state index is 11.9. The van der Waals surface area contributed by atoms with E-state index in [0.29, 0.717) is 50.0 Å². The average Bonchev–Trinajstić information content (AvgIpc) is 2.48. The third kappa shape index (κ3) is 3.29. The molecule has 7 nitrogen and oxygen atoms in total. The van der Waals surface area contributed by atoms with Gasteiger partial charge in [-0.15, -0.1) is 0 Å². The van der Waals surface area contributed by atoms with E-state index in [9.17, 15) is 4.79 Å². The highest BCUT2D eigenvalue weighted by Crippen LogP contribution is 2.27. The van der Waals surface area contributed by atoms with Crippen LogP contribution in [0.1, 0.15) is 6.42 Å². The maximum Gasteiger partial charge on any atom is 0.225 e. The molecule has 1 aliphatic heterocycles. The van der Waals surface area contributed by atoms with Gasteiger partial charge in [-0.2, -0.15) is 0 Å². The lowest BCUT2D eigenvalue weighted by Crippen LogP contribution is -2.49. The summed E-state index contributed by atoms with van der Waals surface area (Å²) in [6.45, 7) is 3.09. The largest absolute Gasteiger partial charge is 0.384 e. The molecule has 0 bridgehead atoms. The molecule has 2 rings (SSSR count). The Morgan fingerprint density at radius 3 is 2.75 bits per heavy atom. The number of methoxy groups -OCH3 is 1. The van der Waals surface area contributed by atoms with Crippen LogP contribution in [0, 0.1) is 0 Å². The number of hydrogen-bond acceptors (Lipinski definition) is 6. The Morgan fingerprint density at radius 2 is 2.10 bits per heavy atom. The van der Waals surface area contributed by atoms with Crippen LogP contribution >= 0.6 is 11.6 Å². The first-order chi connectivity index (χ1) is 9.63. The van der Waals surface area contributed by atoms with Gasteiger partial charge in [0.05, 0.1) is 13.0 Å². The van der Waals surface area contributed by atoms with Gasteiger partial charge in [-0.3, -0.25) is 4.79 Å². The number of nitrogens with two attached hydrogens (primary N) is 1. The zero-order valence-corrected chi connectivity index (χ0v) is 12.1. The monoisotopic (exact) mass is 299 g/mol. The molecule has 1 aliphatic rings. The molecule has 0 radical (unpaired) electrons. The zero-order chi connectivity index (χ0) is 14.5. The highest BCUT2D eigenvalue weighted by Gasteiger charge is 2.23. The number of hydrogen-bond donors (Lipinski definition) is 1. The van der Waals surface area contributed by atoms with E-state index in [0.717, 1.165) is 0 Å². The molecule has 110 valence electrons. The minimum atomic E-state index is 0.111. The molecule has 0 aliphatic carbocycles. The van der Waals surface area contributed by atoms with Crippen LogP contribution in [0.15, 0.2) is 6.33 Å². The van der Waals surface area contributed by atoms with Crippen molar-refractivity contribution in [3.8, 4) is 0 Å². The summed E-state index contributed by atoms with van der Waals surface area (Å²) < 4.78 is 4.92. The van der Waals surface area contributed by atoms with Crippen molar-refractivity contribution in [3.63, 3.8) is 0 Å². The van der Waals surface area contributed by atoms with Crippen molar-refractivity contribution < 1.29 is 9.53 Å². The summed E-state index contributed by atoms with van der Waals surface area (Å²) in [5.41, 5.74) is 5.67. The van der Waals surface area contributed by atoms with Crippen molar-refractivity contribution in [2.45, 2.75) is 6.42 Å². The third-order valence-electron chi connectivity index (χ3n) is 3.25. The second-order valence-electron chi connectivity index (χ2n) is 4.51. The van der Waals surface area contributed by atoms with Crippen molar-refractivity contribution in [2.24, 2.45) is 0 Å². The number of ether oxygens (including phenoxy) is 1. The minimum absolute atomic E-state index is 0.111. The number of nitrogen functional groups attached to an aromatic ring is 1. The fourth-order valence-electron chi connectivity index (χ4n) is 2.11. The number of nitrogens with zero attached hydrogens (tertiary/aromatic N) is 4. The topological polar surface area (TPSA) is 84.6 Å². The Kier molecular flexibility index (Phi) is 4.97. The molecule has 1 fully saturated rings. The third-order valence-corrected chi connectivity index (χ3v) is 3.61. The SMILES string of the molecule is COCCC(=O)N1CCN(c2ncnc(N)c2Cl)CC1. The molecule has 1 amide bonds. The zero-order valence-electron chi connectivity index (χ0n) is 11.4. The molecule has 1 aromatic heterocycles. The molecule has 0 spiro atoms. The van der Waals surface area contributed by atoms with E-state index < -0.39 is 0 Å². The molecule has 0 atom stereocenters. The molecule has 1 saturated heterocycles. The molecule has 20 heavy (non-hydrogen) atoms. The summed E-state index contributed by atoms with van der Waals surface area (Å²) in [4.78, 5) is 23.7. The molecule has 8 heteroatoms. The number of carbonyl (C=O) groups excluding carboxylic acids is 1. The summed E-state index contributed by atoms with van der Waals surface area (Å²) >= 11 is 6.11. The van der Waals surface area contributed by atoms with Crippen LogP contribution in [0.3, 0.4) is 0 Å².